The maximum absolute atomic E-state index is 12.5. The van der Waals surface area contributed by atoms with Gasteiger partial charge in [0.25, 0.3) is 5.91 Å². The fraction of sp³-hybridized carbons (Fsp3) is 0.353. The standard InChI is InChI=1S/C17H20N2O2/c1-14-4-2-5-15(12-14)17(20)19-9-7-18(8-10-19)13-16-6-3-11-21-16/h2-6,11-12H,7-10,13H2,1H3. The fourth-order valence-electron chi connectivity index (χ4n) is 2.69. The summed E-state index contributed by atoms with van der Waals surface area (Å²) in [6.45, 7) is 6.15. The second-order valence-electron chi connectivity index (χ2n) is 5.52. The van der Waals surface area contributed by atoms with Crippen molar-refractivity contribution in [1.82, 2.24) is 9.80 Å². The molecule has 4 heteroatoms. The van der Waals surface area contributed by atoms with Gasteiger partial charge in [-0.2, -0.15) is 0 Å². The van der Waals surface area contributed by atoms with Crippen molar-refractivity contribution in [3.63, 3.8) is 0 Å². The van der Waals surface area contributed by atoms with E-state index in [2.05, 4.69) is 4.90 Å². The number of aryl methyl sites for hydroxylation is 1. The summed E-state index contributed by atoms with van der Waals surface area (Å²) in [5, 5.41) is 0. The minimum Gasteiger partial charge on any atom is -0.468 e. The number of rotatable bonds is 3. The summed E-state index contributed by atoms with van der Waals surface area (Å²) in [6, 6.07) is 11.7. The first kappa shape index (κ1) is 13.9. The maximum Gasteiger partial charge on any atom is 0.253 e. The second kappa shape index (κ2) is 6.14. The lowest BCUT2D eigenvalue weighted by Gasteiger charge is -2.34. The Morgan fingerprint density at radius 2 is 1.95 bits per heavy atom. The van der Waals surface area contributed by atoms with Crippen LogP contribution in [-0.4, -0.2) is 41.9 Å². The van der Waals surface area contributed by atoms with Gasteiger partial charge >= 0.3 is 0 Å². The Morgan fingerprint density at radius 1 is 1.14 bits per heavy atom. The van der Waals surface area contributed by atoms with Crippen LogP contribution in [0.15, 0.2) is 47.1 Å². The average Bonchev–Trinajstić information content (AvgIpc) is 3.00. The molecular formula is C17H20N2O2. The first-order chi connectivity index (χ1) is 10.2. The third-order valence-electron chi connectivity index (χ3n) is 3.88. The Hall–Kier alpha value is -2.07. The summed E-state index contributed by atoms with van der Waals surface area (Å²) < 4.78 is 5.37. The highest BCUT2D eigenvalue weighted by molar-refractivity contribution is 5.94. The summed E-state index contributed by atoms with van der Waals surface area (Å²) in [5.74, 6) is 1.12. The minimum absolute atomic E-state index is 0.136. The lowest BCUT2D eigenvalue weighted by molar-refractivity contribution is 0.0620. The molecular weight excluding hydrogens is 264 g/mol. The molecule has 1 fully saturated rings. The Balaban J connectivity index is 1.57. The molecule has 0 unspecified atom stereocenters. The summed E-state index contributed by atoms with van der Waals surface area (Å²) in [5.41, 5.74) is 1.91. The second-order valence-corrected chi connectivity index (χ2v) is 5.52. The average molecular weight is 284 g/mol. The van der Waals surface area contributed by atoms with Gasteiger partial charge in [-0.1, -0.05) is 17.7 Å². The number of furan rings is 1. The van der Waals surface area contributed by atoms with Crippen LogP contribution >= 0.6 is 0 Å². The van der Waals surface area contributed by atoms with E-state index in [1.54, 1.807) is 6.26 Å². The van der Waals surface area contributed by atoms with Crippen molar-refractivity contribution in [1.29, 1.82) is 0 Å². The number of amides is 1. The zero-order valence-corrected chi connectivity index (χ0v) is 12.3. The molecule has 110 valence electrons. The van der Waals surface area contributed by atoms with Gasteiger partial charge in [0.15, 0.2) is 0 Å². The van der Waals surface area contributed by atoms with Crippen molar-refractivity contribution < 1.29 is 9.21 Å². The van der Waals surface area contributed by atoms with E-state index in [1.807, 2.05) is 48.2 Å². The molecule has 0 saturated carbocycles. The van der Waals surface area contributed by atoms with E-state index in [4.69, 9.17) is 4.42 Å². The predicted molar refractivity (Wildman–Crippen MR) is 81.1 cm³/mol. The molecule has 0 bridgehead atoms. The molecule has 1 aromatic heterocycles. The molecule has 0 aliphatic carbocycles. The van der Waals surface area contributed by atoms with Crippen molar-refractivity contribution in [2.75, 3.05) is 26.2 Å². The Morgan fingerprint density at radius 3 is 2.62 bits per heavy atom. The van der Waals surface area contributed by atoms with Gasteiger partial charge in [-0.25, -0.2) is 0 Å². The zero-order chi connectivity index (χ0) is 14.7. The lowest BCUT2D eigenvalue weighted by Crippen LogP contribution is -2.48. The number of piperazine rings is 1. The lowest BCUT2D eigenvalue weighted by atomic mass is 10.1. The monoisotopic (exact) mass is 284 g/mol. The first-order valence-electron chi connectivity index (χ1n) is 7.33. The highest BCUT2D eigenvalue weighted by Gasteiger charge is 2.22. The van der Waals surface area contributed by atoms with Crippen LogP contribution in [0.25, 0.3) is 0 Å². The van der Waals surface area contributed by atoms with E-state index in [1.165, 1.54) is 0 Å². The van der Waals surface area contributed by atoms with Gasteiger partial charge in [-0.15, -0.1) is 0 Å². The third kappa shape index (κ3) is 3.34. The van der Waals surface area contributed by atoms with Gasteiger partial charge in [-0.05, 0) is 31.2 Å². The van der Waals surface area contributed by atoms with Gasteiger partial charge in [0.2, 0.25) is 0 Å². The normalized spacial score (nSPS) is 16.1. The van der Waals surface area contributed by atoms with Gasteiger partial charge in [0.05, 0.1) is 12.8 Å². The Labute approximate surface area is 125 Å². The minimum atomic E-state index is 0.136. The molecule has 0 spiro atoms. The Bertz CT molecular complexity index is 599. The van der Waals surface area contributed by atoms with Gasteiger partial charge < -0.3 is 9.32 Å². The maximum atomic E-state index is 12.5. The van der Waals surface area contributed by atoms with Crippen LogP contribution in [-0.2, 0) is 6.54 Å². The number of carbonyl (C=O) groups is 1. The number of hydrogen-bond donors (Lipinski definition) is 0. The van der Waals surface area contributed by atoms with Crippen LogP contribution in [0.5, 0.6) is 0 Å². The molecule has 0 N–H and O–H groups in total. The number of hydrogen-bond acceptors (Lipinski definition) is 3. The van der Waals surface area contributed by atoms with Crippen LogP contribution in [0.1, 0.15) is 21.7 Å². The summed E-state index contributed by atoms with van der Waals surface area (Å²) in [7, 11) is 0. The largest absolute Gasteiger partial charge is 0.468 e. The molecule has 0 radical (unpaired) electrons. The highest BCUT2D eigenvalue weighted by atomic mass is 16.3. The topological polar surface area (TPSA) is 36.7 Å². The SMILES string of the molecule is Cc1cccc(C(=O)N2CCN(Cc3ccco3)CC2)c1. The van der Waals surface area contributed by atoms with E-state index in [0.29, 0.717) is 0 Å². The van der Waals surface area contributed by atoms with Gasteiger partial charge in [0, 0.05) is 31.7 Å². The van der Waals surface area contributed by atoms with Crippen molar-refractivity contribution in [2.45, 2.75) is 13.5 Å². The van der Waals surface area contributed by atoms with Crippen molar-refractivity contribution in [2.24, 2.45) is 0 Å². The molecule has 2 aromatic rings. The van der Waals surface area contributed by atoms with E-state index in [9.17, 15) is 4.79 Å². The molecule has 1 aromatic carbocycles. The number of carbonyl (C=O) groups excluding carboxylic acids is 1. The summed E-state index contributed by atoms with van der Waals surface area (Å²) in [4.78, 5) is 16.7. The molecule has 21 heavy (non-hydrogen) atoms. The molecule has 1 aliphatic heterocycles. The fourth-order valence-corrected chi connectivity index (χ4v) is 2.69. The molecule has 1 aliphatic rings. The van der Waals surface area contributed by atoms with Crippen LogP contribution in [0.2, 0.25) is 0 Å². The Kier molecular flexibility index (Phi) is 4.06. The van der Waals surface area contributed by atoms with E-state index in [0.717, 1.165) is 49.6 Å². The molecule has 2 heterocycles. The van der Waals surface area contributed by atoms with Crippen molar-refractivity contribution in [3.05, 3.63) is 59.5 Å². The van der Waals surface area contributed by atoms with Gasteiger partial charge in [0.1, 0.15) is 5.76 Å². The van der Waals surface area contributed by atoms with Crippen LogP contribution < -0.4 is 0 Å². The van der Waals surface area contributed by atoms with E-state index in [-0.39, 0.29) is 5.91 Å². The van der Waals surface area contributed by atoms with Crippen molar-refractivity contribution in [3.8, 4) is 0 Å². The zero-order valence-electron chi connectivity index (χ0n) is 12.3. The highest BCUT2D eigenvalue weighted by Crippen LogP contribution is 2.12. The number of nitrogens with zero attached hydrogens (tertiary/aromatic N) is 2. The predicted octanol–water partition coefficient (Wildman–Crippen LogP) is 2.55. The van der Waals surface area contributed by atoms with Crippen LogP contribution in [0, 0.1) is 6.92 Å². The summed E-state index contributed by atoms with van der Waals surface area (Å²) >= 11 is 0. The molecule has 1 saturated heterocycles. The smallest absolute Gasteiger partial charge is 0.253 e. The third-order valence-corrected chi connectivity index (χ3v) is 3.88. The summed E-state index contributed by atoms with van der Waals surface area (Å²) in [6.07, 6.45) is 1.70. The molecule has 4 nitrogen and oxygen atoms in total. The van der Waals surface area contributed by atoms with Crippen LogP contribution in [0.3, 0.4) is 0 Å². The van der Waals surface area contributed by atoms with E-state index >= 15 is 0 Å². The van der Waals surface area contributed by atoms with Gasteiger partial charge in [-0.3, -0.25) is 9.69 Å². The molecule has 1 amide bonds. The van der Waals surface area contributed by atoms with Crippen molar-refractivity contribution >= 4 is 5.91 Å². The molecule has 0 atom stereocenters. The first-order valence-corrected chi connectivity index (χ1v) is 7.33. The quantitative estimate of drug-likeness (QED) is 0.869. The molecule has 3 rings (SSSR count). The van der Waals surface area contributed by atoms with Crippen LogP contribution in [0.4, 0.5) is 0 Å². The number of benzene rings is 1. The van der Waals surface area contributed by atoms with E-state index < -0.39 is 0 Å².